The molecule has 1 aromatic rings. The number of non-ortho nitro benzene ring substituents is 1. The van der Waals surface area contributed by atoms with Gasteiger partial charge in [-0.15, -0.1) is 0 Å². The van der Waals surface area contributed by atoms with Crippen molar-refractivity contribution in [3.05, 3.63) is 34.4 Å². The van der Waals surface area contributed by atoms with E-state index in [4.69, 9.17) is 5.41 Å². The summed E-state index contributed by atoms with van der Waals surface area (Å²) < 4.78 is 0. The quantitative estimate of drug-likeness (QED) is 0.616. The fraction of sp³-hybridized carbons (Fsp3) is 0.273. The van der Waals surface area contributed by atoms with Gasteiger partial charge in [-0.3, -0.25) is 20.4 Å². The molecule has 0 aliphatic carbocycles. The molecule has 8 heteroatoms. The van der Waals surface area contributed by atoms with Crippen LogP contribution < -0.4 is 4.90 Å². The van der Waals surface area contributed by atoms with E-state index >= 15 is 0 Å². The summed E-state index contributed by atoms with van der Waals surface area (Å²) in [5.74, 6) is -0.297. The van der Waals surface area contributed by atoms with E-state index < -0.39 is 16.7 Å². The van der Waals surface area contributed by atoms with Crippen molar-refractivity contribution < 1.29 is 14.8 Å². The summed E-state index contributed by atoms with van der Waals surface area (Å²) in [5.41, 5.74) is -1.51. The van der Waals surface area contributed by atoms with Gasteiger partial charge in [-0.1, -0.05) is 0 Å². The number of nitro benzene ring substituents is 1. The topological polar surface area (TPSA) is 111 Å². The number of nitro groups is 1. The first-order chi connectivity index (χ1) is 8.76. The van der Waals surface area contributed by atoms with Gasteiger partial charge in [0.25, 0.3) is 5.69 Å². The molecule has 8 nitrogen and oxygen atoms in total. The first kappa shape index (κ1) is 13.0. The van der Waals surface area contributed by atoms with E-state index in [9.17, 15) is 20.0 Å². The molecular formula is C11H12N4O4. The molecule has 100 valence electrons. The van der Waals surface area contributed by atoms with Crippen molar-refractivity contribution in [1.82, 2.24) is 4.90 Å². The highest BCUT2D eigenvalue weighted by Gasteiger charge is 2.49. The Hall–Kier alpha value is -2.48. The molecule has 0 spiro atoms. The zero-order chi connectivity index (χ0) is 14.4. The van der Waals surface area contributed by atoms with Crippen molar-refractivity contribution in [2.45, 2.75) is 12.6 Å². The van der Waals surface area contributed by atoms with E-state index in [1.54, 1.807) is 0 Å². The number of nitrogens with zero attached hydrogens (tertiary/aromatic N) is 3. The first-order valence-corrected chi connectivity index (χ1v) is 5.40. The minimum Gasteiger partial charge on any atom is -0.364 e. The van der Waals surface area contributed by atoms with E-state index in [2.05, 4.69) is 0 Å². The molecule has 2 N–H and O–H groups in total. The van der Waals surface area contributed by atoms with Gasteiger partial charge in [-0.25, -0.2) is 9.69 Å². The van der Waals surface area contributed by atoms with Crippen LogP contribution in [0.25, 0.3) is 0 Å². The van der Waals surface area contributed by atoms with Crippen LogP contribution in [-0.4, -0.2) is 39.6 Å². The lowest BCUT2D eigenvalue weighted by Gasteiger charge is -2.22. The Balaban J connectivity index is 2.40. The molecule has 0 aromatic heterocycles. The predicted octanol–water partition coefficient (Wildman–Crippen LogP) is 1.15. The third-order valence-electron chi connectivity index (χ3n) is 3.12. The van der Waals surface area contributed by atoms with Crippen molar-refractivity contribution in [1.29, 1.82) is 5.41 Å². The van der Waals surface area contributed by atoms with Crippen LogP contribution in [-0.2, 0) is 0 Å². The van der Waals surface area contributed by atoms with Crippen LogP contribution in [0.5, 0.6) is 0 Å². The highest BCUT2D eigenvalue weighted by molar-refractivity contribution is 6.23. The summed E-state index contributed by atoms with van der Waals surface area (Å²) in [7, 11) is 1.38. The van der Waals surface area contributed by atoms with Crippen molar-refractivity contribution in [2.75, 3.05) is 11.9 Å². The number of amidine groups is 1. The Labute approximate surface area is 108 Å². The van der Waals surface area contributed by atoms with E-state index in [0.717, 1.165) is 9.80 Å². The summed E-state index contributed by atoms with van der Waals surface area (Å²) in [4.78, 5) is 24.0. The van der Waals surface area contributed by atoms with Crippen LogP contribution in [0.3, 0.4) is 0 Å². The second-order valence-corrected chi connectivity index (χ2v) is 4.32. The van der Waals surface area contributed by atoms with Gasteiger partial charge in [0.2, 0.25) is 0 Å². The second-order valence-electron chi connectivity index (χ2n) is 4.32. The van der Waals surface area contributed by atoms with Gasteiger partial charge >= 0.3 is 6.03 Å². The summed E-state index contributed by atoms with van der Waals surface area (Å²) >= 11 is 0. The molecule has 1 saturated heterocycles. The fourth-order valence-electron chi connectivity index (χ4n) is 1.77. The molecule has 1 fully saturated rings. The smallest absolute Gasteiger partial charge is 0.332 e. The molecule has 0 saturated carbocycles. The molecule has 2 amide bonds. The van der Waals surface area contributed by atoms with Gasteiger partial charge in [-0.2, -0.15) is 0 Å². The van der Waals surface area contributed by atoms with Gasteiger partial charge in [-0.05, 0) is 19.1 Å². The number of carbonyl (C=O) groups is 1. The van der Waals surface area contributed by atoms with E-state index in [0.29, 0.717) is 5.69 Å². The van der Waals surface area contributed by atoms with E-state index in [1.165, 1.54) is 38.2 Å². The molecule has 0 bridgehead atoms. The normalized spacial score (nSPS) is 23.1. The molecule has 0 radical (unpaired) electrons. The average molecular weight is 264 g/mol. The number of likely N-dealkylation sites (N-methyl/N-ethyl adjacent to an activating group) is 1. The maximum absolute atomic E-state index is 12.0. The summed E-state index contributed by atoms with van der Waals surface area (Å²) in [6, 6.07) is 4.63. The Morgan fingerprint density at radius 2 is 1.89 bits per heavy atom. The van der Waals surface area contributed by atoms with Crippen molar-refractivity contribution >= 4 is 23.2 Å². The largest absolute Gasteiger partial charge is 0.364 e. The van der Waals surface area contributed by atoms with Crippen LogP contribution in [0.1, 0.15) is 6.92 Å². The molecule has 2 rings (SSSR count). The summed E-state index contributed by atoms with van der Waals surface area (Å²) in [6.07, 6.45) is 0. The minimum atomic E-state index is -1.70. The molecule has 1 unspecified atom stereocenters. The number of amides is 2. The van der Waals surface area contributed by atoms with Gasteiger partial charge in [0, 0.05) is 19.2 Å². The lowest BCUT2D eigenvalue weighted by Crippen LogP contribution is -2.44. The molecule has 1 aliphatic rings. The maximum atomic E-state index is 12.0. The number of urea groups is 1. The number of hydrogen-bond donors (Lipinski definition) is 2. The Kier molecular flexibility index (Phi) is 2.74. The van der Waals surface area contributed by atoms with Gasteiger partial charge in [0.1, 0.15) is 0 Å². The molecule has 1 heterocycles. The van der Waals surface area contributed by atoms with Crippen molar-refractivity contribution in [3.63, 3.8) is 0 Å². The summed E-state index contributed by atoms with van der Waals surface area (Å²) in [5, 5.41) is 28.4. The average Bonchev–Trinajstić information content (AvgIpc) is 2.51. The third kappa shape index (κ3) is 1.82. The monoisotopic (exact) mass is 264 g/mol. The number of benzene rings is 1. The molecular weight excluding hydrogens is 252 g/mol. The number of nitrogens with one attached hydrogen (secondary N) is 1. The second kappa shape index (κ2) is 4.02. The summed E-state index contributed by atoms with van der Waals surface area (Å²) in [6.45, 7) is 1.33. The van der Waals surface area contributed by atoms with Gasteiger partial charge in [0.05, 0.1) is 10.6 Å². The van der Waals surface area contributed by atoms with Crippen LogP contribution in [0, 0.1) is 15.5 Å². The lowest BCUT2D eigenvalue weighted by molar-refractivity contribution is -0.384. The zero-order valence-electron chi connectivity index (χ0n) is 10.3. The minimum absolute atomic E-state index is 0.109. The molecule has 1 aromatic carbocycles. The van der Waals surface area contributed by atoms with Crippen molar-refractivity contribution in [3.8, 4) is 0 Å². The van der Waals surface area contributed by atoms with Crippen LogP contribution in [0.15, 0.2) is 24.3 Å². The third-order valence-corrected chi connectivity index (χ3v) is 3.12. The number of rotatable bonds is 2. The van der Waals surface area contributed by atoms with Crippen LogP contribution in [0.2, 0.25) is 0 Å². The SMILES string of the molecule is CN1C(=O)N(c2ccc([N+](=O)[O-])cc2)C(=N)C1(C)O. The number of hydrogen-bond acceptors (Lipinski definition) is 5. The zero-order valence-corrected chi connectivity index (χ0v) is 10.3. The molecule has 1 atom stereocenters. The lowest BCUT2D eigenvalue weighted by atomic mass is 10.2. The fourth-order valence-corrected chi connectivity index (χ4v) is 1.77. The number of aliphatic hydroxyl groups is 1. The van der Waals surface area contributed by atoms with Crippen LogP contribution in [0.4, 0.5) is 16.2 Å². The number of carbonyl (C=O) groups excluding carboxylic acids is 1. The van der Waals surface area contributed by atoms with E-state index in [-0.39, 0.29) is 11.5 Å². The number of anilines is 1. The molecule has 19 heavy (non-hydrogen) atoms. The highest BCUT2D eigenvalue weighted by Crippen LogP contribution is 2.30. The Morgan fingerprint density at radius 1 is 1.37 bits per heavy atom. The standard InChI is InChI=1S/C11H12N4O4/c1-11(17)9(12)14(10(16)13(11)2)7-3-5-8(6-4-7)15(18)19/h3-6,12,17H,1-2H3. The van der Waals surface area contributed by atoms with Gasteiger partial charge < -0.3 is 5.11 Å². The Bertz CT molecular complexity index is 567. The van der Waals surface area contributed by atoms with Crippen LogP contribution >= 0.6 is 0 Å². The van der Waals surface area contributed by atoms with Crippen molar-refractivity contribution in [2.24, 2.45) is 0 Å². The van der Waals surface area contributed by atoms with Gasteiger partial charge in [0.15, 0.2) is 11.6 Å². The Morgan fingerprint density at radius 3 is 2.26 bits per heavy atom. The highest BCUT2D eigenvalue weighted by atomic mass is 16.6. The maximum Gasteiger partial charge on any atom is 0.332 e. The predicted molar refractivity (Wildman–Crippen MR) is 67.1 cm³/mol. The van der Waals surface area contributed by atoms with E-state index in [1.807, 2.05) is 0 Å². The first-order valence-electron chi connectivity index (χ1n) is 5.40. The molecule has 1 aliphatic heterocycles.